The average molecular weight is 450 g/mol. The largest absolute Gasteiger partial charge is 0.333 e. The molecule has 9 nitrogen and oxygen atoms in total. The number of pyridine rings is 2. The highest BCUT2D eigenvalue weighted by atomic mass is 35.5. The van der Waals surface area contributed by atoms with Crippen LogP contribution in [-0.4, -0.2) is 34.9 Å². The topological polar surface area (TPSA) is 112 Å². The Morgan fingerprint density at radius 3 is 2.81 bits per heavy atom. The van der Waals surface area contributed by atoms with Gasteiger partial charge >= 0.3 is 0 Å². The first-order valence-corrected chi connectivity index (χ1v) is 10.2. The third-order valence-electron chi connectivity index (χ3n) is 4.24. The predicted octanol–water partition coefficient (Wildman–Crippen LogP) is 3.58. The molecular weight excluding hydrogens is 438 g/mol. The van der Waals surface area contributed by atoms with Crippen LogP contribution in [0.1, 0.15) is 4.88 Å². The van der Waals surface area contributed by atoms with E-state index in [-0.39, 0.29) is 23.8 Å². The highest BCUT2D eigenvalue weighted by molar-refractivity contribution is 7.15. The normalized spacial score (nSPS) is 11.0. The summed E-state index contributed by atoms with van der Waals surface area (Å²) in [4.78, 5) is 30.1. The lowest BCUT2D eigenvalue weighted by Crippen LogP contribution is -2.22. The summed E-state index contributed by atoms with van der Waals surface area (Å²) < 4.78 is 6.64. The SMILES string of the molecule is O=c1ccc(-c2noc(-c3cncc(Cl)c3)n2)nn1Cc1cnc(-c2cccnc2)s1. The van der Waals surface area contributed by atoms with E-state index in [2.05, 4.69) is 30.2 Å². The molecule has 11 heteroatoms. The van der Waals surface area contributed by atoms with Gasteiger partial charge in [0.05, 0.1) is 17.1 Å². The van der Waals surface area contributed by atoms with Crippen molar-refractivity contribution in [2.75, 3.05) is 0 Å². The fraction of sp³-hybridized carbons (Fsp3) is 0.0500. The Hall–Kier alpha value is -3.76. The number of hydrogen-bond acceptors (Lipinski definition) is 9. The molecule has 0 aliphatic rings. The first-order valence-electron chi connectivity index (χ1n) is 9.04. The molecule has 0 radical (unpaired) electrons. The van der Waals surface area contributed by atoms with Gasteiger partial charge in [-0.3, -0.25) is 14.8 Å². The molecule has 0 spiro atoms. The molecule has 0 aliphatic heterocycles. The average Bonchev–Trinajstić information content (AvgIpc) is 3.46. The van der Waals surface area contributed by atoms with Crippen molar-refractivity contribution >= 4 is 22.9 Å². The molecule has 0 aliphatic carbocycles. The lowest BCUT2D eigenvalue weighted by atomic mass is 10.3. The lowest BCUT2D eigenvalue weighted by molar-refractivity contribution is 0.431. The first-order chi connectivity index (χ1) is 15.2. The van der Waals surface area contributed by atoms with Gasteiger partial charge in [0.15, 0.2) is 0 Å². The molecule has 5 aromatic rings. The van der Waals surface area contributed by atoms with Gasteiger partial charge in [-0.1, -0.05) is 16.8 Å². The highest BCUT2D eigenvalue weighted by Crippen LogP contribution is 2.25. The Morgan fingerprint density at radius 2 is 1.97 bits per heavy atom. The summed E-state index contributed by atoms with van der Waals surface area (Å²) in [6.07, 6.45) is 8.27. The maximum absolute atomic E-state index is 12.3. The molecule has 31 heavy (non-hydrogen) atoms. The standard InChI is InChI=1S/C20H12ClN7O2S/c21-14-6-13(8-23-9-14)19-25-18(27-30-19)16-3-4-17(29)28(26-16)11-15-10-24-20(31-15)12-2-1-5-22-7-12/h1-10H,11H2. The van der Waals surface area contributed by atoms with Crippen LogP contribution in [0.2, 0.25) is 5.02 Å². The number of aromatic nitrogens is 7. The molecule has 0 aromatic carbocycles. The van der Waals surface area contributed by atoms with Gasteiger partial charge in [0.1, 0.15) is 10.7 Å². The third kappa shape index (κ3) is 4.11. The summed E-state index contributed by atoms with van der Waals surface area (Å²) in [5, 5.41) is 9.63. The van der Waals surface area contributed by atoms with Crippen molar-refractivity contribution in [1.82, 2.24) is 34.9 Å². The van der Waals surface area contributed by atoms with Crippen molar-refractivity contribution in [1.29, 1.82) is 0 Å². The van der Waals surface area contributed by atoms with Crippen molar-refractivity contribution in [3.05, 3.63) is 81.6 Å². The minimum Gasteiger partial charge on any atom is -0.333 e. The zero-order chi connectivity index (χ0) is 21.2. The summed E-state index contributed by atoms with van der Waals surface area (Å²) >= 11 is 7.44. The van der Waals surface area contributed by atoms with Gasteiger partial charge in [-0.15, -0.1) is 11.3 Å². The van der Waals surface area contributed by atoms with Gasteiger partial charge < -0.3 is 4.52 Å². The molecule has 0 bridgehead atoms. The lowest BCUT2D eigenvalue weighted by Gasteiger charge is -2.03. The minimum atomic E-state index is -0.247. The van der Waals surface area contributed by atoms with Crippen LogP contribution in [-0.2, 0) is 6.54 Å². The molecule has 0 atom stereocenters. The predicted molar refractivity (Wildman–Crippen MR) is 114 cm³/mol. The summed E-state index contributed by atoms with van der Waals surface area (Å²) in [6, 6.07) is 8.43. The quantitative estimate of drug-likeness (QED) is 0.400. The van der Waals surface area contributed by atoms with Crippen molar-refractivity contribution < 1.29 is 4.52 Å². The second-order valence-electron chi connectivity index (χ2n) is 6.40. The Kier molecular flexibility index (Phi) is 5.06. The highest BCUT2D eigenvalue weighted by Gasteiger charge is 2.14. The fourth-order valence-electron chi connectivity index (χ4n) is 2.81. The maximum Gasteiger partial charge on any atom is 0.267 e. The second-order valence-corrected chi connectivity index (χ2v) is 7.95. The second kappa shape index (κ2) is 8.17. The van der Waals surface area contributed by atoms with E-state index in [9.17, 15) is 4.79 Å². The van der Waals surface area contributed by atoms with Crippen molar-refractivity contribution in [3.8, 4) is 33.5 Å². The zero-order valence-electron chi connectivity index (χ0n) is 15.7. The number of hydrogen-bond donors (Lipinski definition) is 0. The Labute approximate surface area is 184 Å². The molecule has 0 fully saturated rings. The Morgan fingerprint density at radius 1 is 1.06 bits per heavy atom. The van der Waals surface area contributed by atoms with Crippen LogP contribution in [0.15, 0.2) is 70.6 Å². The van der Waals surface area contributed by atoms with E-state index in [1.54, 1.807) is 36.9 Å². The van der Waals surface area contributed by atoms with Gasteiger partial charge in [-0.2, -0.15) is 10.1 Å². The van der Waals surface area contributed by atoms with Crippen molar-refractivity contribution in [2.45, 2.75) is 6.54 Å². The molecule has 0 saturated heterocycles. The van der Waals surface area contributed by atoms with Crippen LogP contribution in [0.5, 0.6) is 0 Å². The van der Waals surface area contributed by atoms with Gasteiger partial charge in [-0.05, 0) is 24.3 Å². The zero-order valence-corrected chi connectivity index (χ0v) is 17.3. The van der Waals surface area contributed by atoms with E-state index < -0.39 is 0 Å². The molecule has 152 valence electrons. The Bertz CT molecular complexity index is 1410. The molecule has 0 N–H and O–H groups in total. The van der Waals surface area contributed by atoms with Crippen LogP contribution < -0.4 is 5.56 Å². The van der Waals surface area contributed by atoms with Crippen LogP contribution in [0.4, 0.5) is 0 Å². The van der Waals surface area contributed by atoms with Gasteiger partial charge in [0.2, 0.25) is 5.82 Å². The minimum absolute atomic E-state index is 0.247. The van der Waals surface area contributed by atoms with Gasteiger partial charge in [-0.25, -0.2) is 9.67 Å². The first kappa shape index (κ1) is 19.2. The molecule has 0 saturated carbocycles. The summed E-state index contributed by atoms with van der Waals surface area (Å²) in [7, 11) is 0. The molecule has 5 heterocycles. The van der Waals surface area contributed by atoms with Crippen LogP contribution in [0.3, 0.4) is 0 Å². The van der Waals surface area contributed by atoms with E-state index >= 15 is 0 Å². The van der Waals surface area contributed by atoms with E-state index in [4.69, 9.17) is 16.1 Å². The van der Waals surface area contributed by atoms with E-state index in [1.165, 1.54) is 28.3 Å². The van der Waals surface area contributed by atoms with Crippen LogP contribution in [0.25, 0.3) is 33.5 Å². The fourth-order valence-corrected chi connectivity index (χ4v) is 3.86. The molecule has 5 rings (SSSR count). The molecule has 5 aromatic heterocycles. The van der Waals surface area contributed by atoms with Crippen molar-refractivity contribution in [3.63, 3.8) is 0 Å². The number of thiazole rings is 1. The maximum atomic E-state index is 12.3. The van der Waals surface area contributed by atoms with E-state index in [0.29, 0.717) is 16.3 Å². The summed E-state index contributed by atoms with van der Waals surface area (Å²) in [5.74, 6) is 0.511. The molecule has 0 amide bonds. The Balaban J connectivity index is 1.42. The molecular formula is C20H12ClN7O2S. The van der Waals surface area contributed by atoms with Crippen molar-refractivity contribution in [2.24, 2.45) is 0 Å². The number of rotatable bonds is 5. The smallest absolute Gasteiger partial charge is 0.267 e. The summed E-state index contributed by atoms with van der Waals surface area (Å²) in [6.45, 7) is 0.271. The molecule has 0 unspecified atom stereocenters. The third-order valence-corrected chi connectivity index (χ3v) is 5.48. The monoisotopic (exact) mass is 449 g/mol. The number of halogens is 1. The van der Waals surface area contributed by atoms with Gasteiger partial charge in [0, 0.05) is 47.5 Å². The van der Waals surface area contributed by atoms with E-state index in [0.717, 1.165) is 15.4 Å². The van der Waals surface area contributed by atoms with Crippen LogP contribution >= 0.6 is 22.9 Å². The van der Waals surface area contributed by atoms with E-state index in [1.807, 2.05) is 12.1 Å². The number of nitrogens with zero attached hydrogens (tertiary/aromatic N) is 7. The van der Waals surface area contributed by atoms with Gasteiger partial charge in [0.25, 0.3) is 11.4 Å². The summed E-state index contributed by atoms with van der Waals surface area (Å²) in [5.41, 5.74) is 1.67. The van der Waals surface area contributed by atoms with Crippen LogP contribution in [0, 0.1) is 0 Å².